The van der Waals surface area contributed by atoms with Crippen LogP contribution >= 0.6 is 28.1 Å². The lowest BCUT2D eigenvalue weighted by molar-refractivity contribution is -0.137. The number of hydrogen-bond donors (Lipinski definition) is 2. The van der Waals surface area contributed by atoms with Crippen molar-refractivity contribution in [3.63, 3.8) is 0 Å². The first kappa shape index (κ1) is 16.2. The van der Waals surface area contributed by atoms with Gasteiger partial charge in [-0.3, -0.25) is 0 Å². The highest BCUT2D eigenvalue weighted by Crippen LogP contribution is 2.33. The number of nitrogens with one attached hydrogen (secondary N) is 2. The highest BCUT2D eigenvalue weighted by molar-refractivity contribution is 9.10. The Labute approximate surface area is 123 Å². The van der Waals surface area contributed by atoms with Crippen LogP contribution in [-0.4, -0.2) is 11.7 Å². The molecule has 0 atom stereocenters. The third kappa shape index (κ3) is 5.36. The Morgan fingerprint density at radius 1 is 1.37 bits per heavy atom. The van der Waals surface area contributed by atoms with Crippen LogP contribution in [0, 0.1) is 5.92 Å². The average Bonchev–Trinajstić information content (AvgIpc) is 2.28. The van der Waals surface area contributed by atoms with Crippen LogP contribution in [0.2, 0.25) is 0 Å². The monoisotopic (exact) mass is 354 g/mol. The van der Waals surface area contributed by atoms with E-state index >= 15 is 0 Å². The van der Waals surface area contributed by atoms with Gasteiger partial charge in [0.15, 0.2) is 5.11 Å². The maximum atomic E-state index is 12.6. The second-order valence-corrected chi connectivity index (χ2v) is 5.68. The molecule has 0 unspecified atom stereocenters. The van der Waals surface area contributed by atoms with Crippen molar-refractivity contribution in [3.05, 3.63) is 28.2 Å². The van der Waals surface area contributed by atoms with Gasteiger partial charge in [0.25, 0.3) is 0 Å². The summed E-state index contributed by atoms with van der Waals surface area (Å²) in [5, 5.41) is 5.99. The Bertz CT molecular complexity index is 461. The van der Waals surface area contributed by atoms with Gasteiger partial charge in [0.2, 0.25) is 0 Å². The van der Waals surface area contributed by atoms with Gasteiger partial charge >= 0.3 is 6.18 Å². The predicted molar refractivity (Wildman–Crippen MR) is 78.2 cm³/mol. The lowest BCUT2D eigenvalue weighted by Crippen LogP contribution is -2.31. The van der Waals surface area contributed by atoms with Crippen molar-refractivity contribution in [1.82, 2.24) is 5.32 Å². The zero-order valence-electron chi connectivity index (χ0n) is 10.4. The van der Waals surface area contributed by atoms with Crippen molar-refractivity contribution >= 4 is 38.9 Å². The molecule has 0 amide bonds. The number of thiocarbonyl (C=S) groups is 1. The first-order valence-electron chi connectivity index (χ1n) is 5.61. The van der Waals surface area contributed by atoms with Crippen molar-refractivity contribution in [1.29, 1.82) is 0 Å². The van der Waals surface area contributed by atoms with E-state index in [0.717, 1.165) is 12.1 Å². The van der Waals surface area contributed by atoms with Gasteiger partial charge in [-0.2, -0.15) is 13.2 Å². The largest absolute Gasteiger partial charge is 0.416 e. The zero-order valence-corrected chi connectivity index (χ0v) is 12.8. The number of alkyl halides is 3. The van der Waals surface area contributed by atoms with Gasteiger partial charge in [-0.15, -0.1) is 0 Å². The van der Waals surface area contributed by atoms with E-state index in [2.05, 4.69) is 26.6 Å². The fraction of sp³-hybridized carbons (Fsp3) is 0.417. The van der Waals surface area contributed by atoms with Crippen LogP contribution in [-0.2, 0) is 6.18 Å². The molecule has 0 heterocycles. The summed E-state index contributed by atoms with van der Waals surface area (Å²) in [6, 6.07) is 3.38. The quantitative estimate of drug-likeness (QED) is 0.786. The summed E-state index contributed by atoms with van der Waals surface area (Å²) in [7, 11) is 0. The Kier molecular flexibility index (Phi) is 5.61. The number of halogens is 4. The van der Waals surface area contributed by atoms with Crippen molar-refractivity contribution in [2.24, 2.45) is 5.92 Å². The molecule has 2 nitrogen and oxygen atoms in total. The Hall–Kier alpha value is -0.820. The maximum absolute atomic E-state index is 12.6. The van der Waals surface area contributed by atoms with Crippen LogP contribution in [0.15, 0.2) is 22.7 Å². The summed E-state index contributed by atoms with van der Waals surface area (Å²) < 4.78 is 38.3. The van der Waals surface area contributed by atoms with Crippen LogP contribution in [0.5, 0.6) is 0 Å². The molecule has 1 aromatic rings. The smallest absolute Gasteiger partial charge is 0.362 e. The summed E-state index contributed by atoms with van der Waals surface area (Å²) in [6.07, 6.45) is -4.37. The summed E-state index contributed by atoms with van der Waals surface area (Å²) in [6.45, 7) is 4.67. The van der Waals surface area contributed by atoms with Gasteiger partial charge in [0, 0.05) is 11.0 Å². The van der Waals surface area contributed by atoms with Gasteiger partial charge in [0.05, 0.1) is 11.3 Å². The van der Waals surface area contributed by atoms with Crippen LogP contribution in [0.25, 0.3) is 0 Å². The number of anilines is 1. The summed E-state index contributed by atoms with van der Waals surface area (Å²) >= 11 is 8.21. The van der Waals surface area contributed by atoms with Gasteiger partial charge in [-0.05, 0) is 52.3 Å². The highest BCUT2D eigenvalue weighted by atomic mass is 79.9. The second kappa shape index (κ2) is 6.56. The normalized spacial score (nSPS) is 11.5. The molecule has 0 aromatic heterocycles. The van der Waals surface area contributed by atoms with Crippen LogP contribution in [0.4, 0.5) is 18.9 Å². The molecule has 0 bridgehead atoms. The molecule has 0 radical (unpaired) electrons. The van der Waals surface area contributed by atoms with E-state index in [-0.39, 0.29) is 5.69 Å². The standard InChI is InChI=1S/C12H14BrF3N2S/c1-7(2)6-17-11(19)18-10-5-8(12(14,15)16)3-4-9(10)13/h3-5,7H,6H2,1-2H3,(H2,17,18,19). The summed E-state index contributed by atoms with van der Waals surface area (Å²) in [5.41, 5.74) is -0.430. The molecule has 0 aliphatic heterocycles. The molecule has 1 aromatic carbocycles. The third-order valence-corrected chi connectivity index (χ3v) is 3.15. The van der Waals surface area contributed by atoms with Crippen molar-refractivity contribution < 1.29 is 13.2 Å². The van der Waals surface area contributed by atoms with Gasteiger partial charge in [-0.1, -0.05) is 13.8 Å². The molecule has 1 rings (SSSR count). The molecular weight excluding hydrogens is 341 g/mol. The molecule has 0 fully saturated rings. The number of hydrogen-bond acceptors (Lipinski definition) is 1. The summed E-state index contributed by atoms with van der Waals surface area (Å²) in [5.74, 6) is 0.393. The Morgan fingerprint density at radius 3 is 2.53 bits per heavy atom. The predicted octanol–water partition coefficient (Wildman–Crippen LogP) is 4.41. The molecule has 106 valence electrons. The van der Waals surface area contributed by atoms with Crippen molar-refractivity contribution in [2.75, 3.05) is 11.9 Å². The SMILES string of the molecule is CC(C)CNC(=S)Nc1cc(C(F)(F)F)ccc1Br. The van der Waals surface area contributed by atoms with E-state index in [4.69, 9.17) is 12.2 Å². The average molecular weight is 355 g/mol. The van der Waals surface area contributed by atoms with Crippen LogP contribution in [0.3, 0.4) is 0 Å². The molecule has 0 aliphatic rings. The number of benzene rings is 1. The highest BCUT2D eigenvalue weighted by Gasteiger charge is 2.30. The lowest BCUT2D eigenvalue weighted by atomic mass is 10.2. The minimum absolute atomic E-state index is 0.288. The van der Waals surface area contributed by atoms with Crippen LogP contribution < -0.4 is 10.6 Å². The van der Waals surface area contributed by atoms with Crippen molar-refractivity contribution in [2.45, 2.75) is 20.0 Å². The van der Waals surface area contributed by atoms with E-state index in [1.54, 1.807) is 0 Å². The van der Waals surface area contributed by atoms with E-state index in [1.165, 1.54) is 6.07 Å². The molecule has 0 saturated carbocycles. The van der Waals surface area contributed by atoms with Crippen LogP contribution in [0.1, 0.15) is 19.4 Å². The molecule has 0 saturated heterocycles. The van der Waals surface area contributed by atoms with Gasteiger partial charge < -0.3 is 10.6 Å². The lowest BCUT2D eigenvalue weighted by Gasteiger charge is -2.15. The maximum Gasteiger partial charge on any atom is 0.416 e. The first-order valence-corrected chi connectivity index (χ1v) is 6.82. The third-order valence-electron chi connectivity index (χ3n) is 2.21. The molecule has 2 N–H and O–H groups in total. The fourth-order valence-electron chi connectivity index (χ4n) is 1.26. The Balaban J connectivity index is 2.80. The molecule has 0 spiro atoms. The molecular formula is C12H14BrF3N2S. The second-order valence-electron chi connectivity index (χ2n) is 4.42. The minimum Gasteiger partial charge on any atom is -0.362 e. The van der Waals surface area contributed by atoms with Gasteiger partial charge in [-0.25, -0.2) is 0 Å². The Morgan fingerprint density at radius 2 is 2.00 bits per heavy atom. The minimum atomic E-state index is -4.37. The number of rotatable bonds is 3. The molecule has 19 heavy (non-hydrogen) atoms. The van der Waals surface area contributed by atoms with E-state index in [1.807, 2.05) is 13.8 Å². The van der Waals surface area contributed by atoms with Gasteiger partial charge in [0.1, 0.15) is 0 Å². The van der Waals surface area contributed by atoms with Crippen molar-refractivity contribution in [3.8, 4) is 0 Å². The van der Waals surface area contributed by atoms with E-state index < -0.39 is 11.7 Å². The molecule has 7 heteroatoms. The topological polar surface area (TPSA) is 24.1 Å². The van der Waals surface area contributed by atoms with E-state index in [0.29, 0.717) is 22.0 Å². The first-order chi connectivity index (χ1) is 8.70. The summed E-state index contributed by atoms with van der Waals surface area (Å²) in [4.78, 5) is 0. The molecule has 0 aliphatic carbocycles. The van der Waals surface area contributed by atoms with E-state index in [9.17, 15) is 13.2 Å². The zero-order chi connectivity index (χ0) is 14.6. The fourth-order valence-corrected chi connectivity index (χ4v) is 1.80.